The third-order valence-electron chi connectivity index (χ3n) is 4.67. The summed E-state index contributed by atoms with van der Waals surface area (Å²) in [4.78, 5) is 0. The van der Waals surface area contributed by atoms with Crippen molar-refractivity contribution in [2.24, 2.45) is 0 Å². The first kappa shape index (κ1) is 13.4. The highest BCUT2D eigenvalue weighted by Crippen LogP contribution is 2.40. The minimum absolute atomic E-state index is 0.476. The number of fused-ring (bicyclic) bond motifs is 3. The van der Waals surface area contributed by atoms with E-state index in [9.17, 15) is 0 Å². The Kier molecular flexibility index (Phi) is 3.15. The van der Waals surface area contributed by atoms with Crippen LogP contribution in [0.4, 0.5) is 0 Å². The molecule has 1 aliphatic carbocycles. The van der Waals surface area contributed by atoms with Crippen molar-refractivity contribution in [1.82, 2.24) is 4.57 Å². The van der Waals surface area contributed by atoms with Gasteiger partial charge in [0.25, 0.3) is 0 Å². The van der Waals surface area contributed by atoms with Crippen LogP contribution in [0.25, 0.3) is 22.4 Å². The summed E-state index contributed by atoms with van der Waals surface area (Å²) in [5, 5.41) is 0. The summed E-state index contributed by atoms with van der Waals surface area (Å²) in [6, 6.07) is 22.5. The second-order valence-corrected chi connectivity index (χ2v) is 6.38. The van der Waals surface area contributed by atoms with E-state index in [4.69, 9.17) is 0 Å². The smallest absolute Gasteiger partial charge is 0.0491 e. The first-order valence-electron chi connectivity index (χ1n) is 8.13. The van der Waals surface area contributed by atoms with Gasteiger partial charge in [-0.05, 0) is 49.4 Å². The van der Waals surface area contributed by atoms with Crippen molar-refractivity contribution in [3.05, 3.63) is 71.9 Å². The Morgan fingerprint density at radius 1 is 0.818 bits per heavy atom. The van der Waals surface area contributed by atoms with Gasteiger partial charge < -0.3 is 4.57 Å². The summed E-state index contributed by atoms with van der Waals surface area (Å²) >= 11 is 0. The second kappa shape index (κ2) is 5.17. The molecule has 0 spiro atoms. The van der Waals surface area contributed by atoms with Crippen LogP contribution in [0.3, 0.4) is 0 Å². The first-order valence-corrected chi connectivity index (χ1v) is 8.13. The molecule has 1 heteroatoms. The third kappa shape index (κ3) is 2.00. The van der Waals surface area contributed by atoms with E-state index in [0.29, 0.717) is 6.04 Å². The Labute approximate surface area is 132 Å². The van der Waals surface area contributed by atoms with Crippen molar-refractivity contribution in [2.75, 3.05) is 0 Å². The third-order valence-corrected chi connectivity index (χ3v) is 4.67. The van der Waals surface area contributed by atoms with Crippen LogP contribution in [0.1, 0.15) is 31.1 Å². The van der Waals surface area contributed by atoms with Crippen LogP contribution >= 0.6 is 0 Å². The van der Waals surface area contributed by atoms with Crippen molar-refractivity contribution < 1.29 is 0 Å². The molecule has 0 unspecified atom stereocenters. The van der Waals surface area contributed by atoms with Crippen LogP contribution in [0.2, 0.25) is 0 Å². The lowest BCUT2D eigenvalue weighted by atomic mass is 9.89. The molecule has 1 nitrogen and oxygen atoms in total. The van der Waals surface area contributed by atoms with E-state index in [-0.39, 0.29) is 0 Å². The van der Waals surface area contributed by atoms with Gasteiger partial charge in [-0.3, -0.25) is 0 Å². The van der Waals surface area contributed by atoms with Crippen molar-refractivity contribution in [1.29, 1.82) is 0 Å². The first-order chi connectivity index (χ1) is 10.8. The molecule has 110 valence electrons. The largest absolute Gasteiger partial charge is 0.341 e. The van der Waals surface area contributed by atoms with E-state index >= 15 is 0 Å². The molecule has 1 aliphatic rings. The Morgan fingerprint density at radius 2 is 1.55 bits per heavy atom. The van der Waals surface area contributed by atoms with Crippen LogP contribution < -0.4 is 0 Å². The number of benzene rings is 2. The van der Waals surface area contributed by atoms with Crippen LogP contribution in [0.15, 0.2) is 60.7 Å². The fourth-order valence-electron chi connectivity index (χ4n) is 3.73. The molecule has 0 bridgehead atoms. The molecule has 0 saturated heterocycles. The minimum atomic E-state index is 0.476. The van der Waals surface area contributed by atoms with E-state index in [0.717, 1.165) is 12.8 Å². The molecule has 4 rings (SSSR count). The predicted molar refractivity (Wildman–Crippen MR) is 93.1 cm³/mol. The number of hydrogen-bond acceptors (Lipinski definition) is 0. The van der Waals surface area contributed by atoms with Crippen molar-refractivity contribution >= 4 is 0 Å². The van der Waals surface area contributed by atoms with Crippen molar-refractivity contribution in [3.63, 3.8) is 0 Å². The Morgan fingerprint density at radius 3 is 2.32 bits per heavy atom. The molecule has 0 aliphatic heterocycles. The maximum atomic E-state index is 2.53. The summed E-state index contributed by atoms with van der Waals surface area (Å²) in [6.45, 7) is 4.57. The van der Waals surface area contributed by atoms with Gasteiger partial charge in [0.05, 0.1) is 0 Å². The van der Waals surface area contributed by atoms with Crippen molar-refractivity contribution in [3.8, 4) is 22.4 Å². The highest BCUT2D eigenvalue weighted by molar-refractivity contribution is 5.78. The molecule has 0 fully saturated rings. The molecule has 0 radical (unpaired) electrons. The van der Waals surface area contributed by atoms with Crippen LogP contribution in [-0.4, -0.2) is 4.57 Å². The molecule has 3 aromatic rings. The fourth-order valence-corrected chi connectivity index (χ4v) is 3.73. The summed E-state index contributed by atoms with van der Waals surface area (Å²) < 4.78 is 2.53. The van der Waals surface area contributed by atoms with E-state index in [1.807, 2.05) is 0 Å². The maximum absolute atomic E-state index is 2.53. The van der Waals surface area contributed by atoms with Crippen molar-refractivity contribution in [2.45, 2.75) is 32.7 Å². The standard InChI is InChI=1S/C21H21N/c1-15(2)22-20-13-12-16-8-6-7-11-18(16)19(20)14-21(22)17-9-4-3-5-10-17/h3-11,14-15H,12-13H2,1-2H3. The number of aryl methyl sites for hydroxylation is 1. The molecule has 0 saturated carbocycles. The van der Waals surface area contributed by atoms with E-state index in [1.54, 1.807) is 0 Å². The van der Waals surface area contributed by atoms with Gasteiger partial charge in [0.2, 0.25) is 0 Å². The van der Waals surface area contributed by atoms with Gasteiger partial charge in [0.1, 0.15) is 0 Å². The monoisotopic (exact) mass is 287 g/mol. The average molecular weight is 287 g/mol. The molecule has 1 aromatic heterocycles. The fraction of sp³-hybridized carbons (Fsp3) is 0.238. The summed E-state index contributed by atoms with van der Waals surface area (Å²) in [5.74, 6) is 0. The van der Waals surface area contributed by atoms with Gasteiger partial charge in [0.15, 0.2) is 0 Å². The highest BCUT2D eigenvalue weighted by atomic mass is 15.0. The SMILES string of the molecule is CC(C)n1c(-c2ccccc2)cc2c1CCc1ccccc1-2. The Balaban J connectivity index is 1.98. The molecule has 1 heterocycles. The average Bonchev–Trinajstić information content (AvgIpc) is 2.96. The normalized spacial score (nSPS) is 13.0. The number of rotatable bonds is 2. The molecule has 0 amide bonds. The lowest BCUT2D eigenvalue weighted by molar-refractivity contribution is 0.579. The number of hydrogen-bond donors (Lipinski definition) is 0. The number of aromatic nitrogens is 1. The zero-order chi connectivity index (χ0) is 15.1. The van der Waals surface area contributed by atoms with E-state index in [2.05, 4.69) is 79.1 Å². The van der Waals surface area contributed by atoms with Crippen LogP contribution in [0, 0.1) is 0 Å². The maximum Gasteiger partial charge on any atom is 0.0491 e. The van der Waals surface area contributed by atoms with Gasteiger partial charge in [-0.2, -0.15) is 0 Å². The summed E-state index contributed by atoms with van der Waals surface area (Å²) in [5.41, 5.74) is 8.47. The second-order valence-electron chi connectivity index (χ2n) is 6.38. The van der Waals surface area contributed by atoms with E-state index in [1.165, 1.54) is 33.6 Å². The highest BCUT2D eigenvalue weighted by Gasteiger charge is 2.23. The Bertz CT molecular complexity index is 809. The van der Waals surface area contributed by atoms with Crippen LogP contribution in [-0.2, 0) is 12.8 Å². The zero-order valence-corrected chi connectivity index (χ0v) is 13.2. The molecule has 22 heavy (non-hydrogen) atoms. The van der Waals surface area contributed by atoms with Gasteiger partial charge in [0, 0.05) is 23.0 Å². The zero-order valence-electron chi connectivity index (χ0n) is 13.2. The minimum Gasteiger partial charge on any atom is -0.341 e. The molecule has 0 atom stereocenters. The molecule has 2 aromatic carbocycles. The predicted octanol–water partition coefficient (Wildman–Crippen LogP) is 5.50. The Hall–Kier alpha value is -2.28. The lowest BCUT2D eigenvalue weighted by Crippen LogP contribution is -2.11. The molecular weight excluding hydrogens is 266 g/mol. The molecular formula is C21H21N. The van der Waals surface area contributed by atoms with Gasteiger partial charge in [-0.25, -0.2) is 0 Å². The topological polar surface area (TPSA) is 4.93 Å². The van der Waals surface area contributed by atoms with Gasteiger partial charge in [-0.15, -0.1) is 0 Å². The number of nitrogens with zero attached hydrogens (tertiary/aromatic N) is 1. The van der Waals surface area contributed by atoms with Gasteiger partial charge in [-0.1, -0.05) is 54.6 Å². The van der Waals surface area contributed by atoms with E-state index < -0.39 is 0 Å². The summed E-state index contributed by atoms with van der Waals surface area (Å²) in [7, 11) is 0. The summed E-state index contributed by atoms with van der Waals surface area (Å²) in [6.07, 6.45) is 2.28. The van der Waals surface area contributed by atoms with Gasteiger partial charge >= 0.3 is 0 Å². The lowest BCUT2D eigenvalue weighted by Gasteiger charge is -2.22. The quantitative estimate of drug-likeness (QED) is 0.586. The molecule has 0 N–H and O–H groups in total. The van der Waals surface area contributed by atoms with Crippen LogP contribution in [0.5, 0.6) is 0 Å².